The van der Waals surface area contributed by atoms with Crippen molar-refractivity contribution in [3.05, 3.63) is 45.7 Å². The molecule has 1 atom stereocenters. The van der Waals surface area contributed by atoms with Crippen LogP contribution in [0.15, 0.2) is 17.2 Å². The fourth-order valence-electron chi connectivity index (χ4n) is 1.99. The van der Waals surface area contributed by atoms with Gasteiger partial charge in [0.25, 0.3) is 5.56 Å². The van der Waals surface area contributed by atoms with Crippen LogP contribution in [-0.2, 0) is 6.54 Å². The van der Waals surface area contributed by atoms with Crippen LogP contribution >= 0.6 is 0 Å². The molecule has 0 radical (unpaired) electrons. The Kier molecular flexibility index (Phi) is 3.57. The average molecular weight is 247 g/mol. The lowest BCUT2D eigenvalue weighted by atomic mass is 10.1. The second-order valence-electron chi connectivity index (χ2n) is 4.29. The van der Waals surface area contributed by atoms with Crippen molar-refractivity contribution in [3.63, 3.8) is 0 Å². The highest BCUT2D eigenvalue weighted by Gasteiger charge is 2.14. The minimum absolute atomic E-state index is 0.0769. The number of aryl methyl sites for hydroxylation is 2. The normalized spacial score (nSPS) is 12.6. The molecule has 0 spiro atoms. The highest BCUT2D eigenvalue weighted by atomic mass is 16.1. The molecule has 18 heavy (non-hydrogen) atoms. The summed E-state index contributed by atoms with van der Waals surface area (Å²) in [4.78, 5) is 26.0. The lowest BCUT2D eigenvalue weighted by Gasteiger charge is -2.14. The molecule has 96 valence electrons. The fourth-order valence-corrected chi connectivity index (χ4v) is 1.99. The first-order valence-electron chi connectivity index (χ1n) is 5.87. The standard InChI is InChI=1S/C12H17N5O/c1-7(15-6-10-13-4-5-14-10)11-8(2)16-9(3)17-12(11)18/h4-5,7,15H,6H2,1-3H3,(H,13,14)(H,16,17,18). The highest BCUT2D eigenvalue weighted by Crippen LogP contribution is 2.11. The fraction of sp³-hybridized carbons (Fsp3) is 0.417. The molecule has 0 saturated heterocycles. The third kappa shape index (κ3) is 2.65. The van der Waals surface area contributed by atoms with Gasteiger partial charge >= 0.3 is 0 Å². The van der Waals surface area contributed by atoms with E-state index in [1.54, 1.807) is 19.3 Å². The predicted molar refractivity (Wildman–Crippen MR) is 68.2 cm³/mol. The zero-order chi connectivity index (χ0) is 13.1. The van der Waals surface area contributed by atoms with E-state index in [4.69, 9.17) is 0 Å². The molecule has 1 unspecified atom stereocenters. The van der Waals surface area contributed by atoms with Gasteiger partial charge in [-0.05, 0) is 20.8 Å². The van der Waals surface area contributed by atoms with Gasteiger partial charge in [0.05, 0.1) is 12.1 Å². The number of nitrogens with zero attached hydrogens (tertiary/aromatic N) is 2. The van der Waals surface area contributed by atoms with Crippen molar-refractivity contribution < 1.29 is 0 Å². The minimum Gasteiger partial charge on any atom is -0.348 e. The Morgan fingerprint density at radius 2 is 2.22 bits per heavy atom. The molecule has 0 aromatic carbocycles. The predicted octanol–water partition coefficient (Wildman–Crippen LogP) is 0.961. The van der Waals surface area contributed by atoms with Gasteiger partial charge in [0.1, 0.15) is 11.6 Å². The number of hydrogen-bond acceptors (Lipinski definition) is 4. The van der Waals surface area contributed by atoms with Gasteiger partial charge in [-0.15, -0.1) is 0 Å². The second kappa shape index (κ2) is 5.14. The van der Waals surface area contributed by atoms with Crippen LogP contribution < -0.4 is 10.9 Å². The molecule has 0 fully saturated rings. The largest absolute Gasteiger partial charge is 0.348 e. The zero-order valence-electron chi connectivity index (χ0n) is 10.7. The molecule has 2 rings (SSSR count). The summed E-state index contributed by atoms with van der Waals surface area (Å²) in [7, 11) is 0. The van der Waals surface area contributed by atoms with Crippen LogP contribution in [0.2, 0.25) is 0 Å². The summed E-state index contributed by atoms with van der Waals surface area (Å²) in [6.45, 7) is 6.15. The summed E-state index contributed by atoms with van der Waals surface area (Å²) in [5.41, 5.74) is 1.35. The number of aromatic nitrogens is 4. The molecule has 2 aromatic rings. The maximum Gasteiger partial charge on any atom is 0.255 e. The van der Waals surface area contributed by atoms with E-state index in [0.717, 1.165) is 11.5 Å². The van der Waals surface area contributed by atoms with E-state index >= 15 is 0 Å². The Hall–Kier alpha value is -1.95. The van der Waals surface area contributed by atoms with Crippen molar-refractivity contribution in [2.24, 2.45) is 0 Å². The number of hydrogen-bond donors (Lipinski definition) is 3. The molecule has 0 aliphatic carbocycles. The summed E-state index contributed by atoms with van der Waals surface area (Å²) >= 11 is 0. The number of imidazole rings is 1. The van der Waals surface area contributed by atoms with Gasteiger partial charge in [-0.25, -0.2) is 9.97 Å². The Balaban J connectivity index is 2.14. The van der Waals surface area contributed by atoms with E-state index in [1.807, 2.05) is 13.8 Å². The SMILES string of the molecule is Cc1nc(C)c(C(C)NCc2ncc[nH]2)c(=O)[nH]1. The number of rotatable bonds is 4. The first-order chi connectivity index (χ1) is 8.58. The Morgan fingerprint density at radius 3 is 2.83 bits per heavy atom. The lowest BCUT2D eigenvalue weighted by Crippen LogP contribution is -2.28. The minimum atomic E-state index is -0.0838. The van der Waals surface area contributed by atoms with Crippen LogP contribution in [0.5, 0.6) is 0 Å². The summed E-state index contributed by atoms with van der Waals surface area (Å²) in [5.74, 6) is 1.48. The zero-order valence-corrected chi connectivity index (χ0v) is 10.7. The van der Waals surface area contributed by atoms with E-state index < -0.39 is 0 Å². The topological polar surface area (TPSA) is 86.5 Å². The van der Waals surface area contributed by atoms with Crippen molar-refractivity contribution in [3.8, 4) is 0 Å². The maximum atomic E-state index is 11.9. The molecule has 3 N–H and O–H groups in total. The highest BCUT2D eigenvalue weighted by molar-refractivity contribution is 5.20. The molecule has 6 heteroatoms. The summed E-state index contributed by atoms with van der Waals surface area (Å²) in [6, 6.07) is -0.0769. The van der Waals surface area contributed by atoms with E-state index in [2.05, 4.69) is 25.3 Å². The summed E-state index contributed by atoms with van der Waals surface area (Å²) in [5, 5.41) is 3.25. The number of aromatic amines is 2. The smallest absolute Gasteiger partial charge is 0.255 e. The van der Waals surface area contributed by atoms with Gasteiger partial charge in [0.2, 0.25) is 0 Å². The second-order valence-corrected chi connectivity index (χ2v) is 4.29. The van der Waals surface area contributed by atoms with Gasteiger partial charge in [0, 0.05) is 24.1 Å². The summed E-state index contributed by atoms with van der Waals surface area (Å²) < 4.78 is 0. The molecule has 0 aliphatic heterocycles. The molecule has 0 aliphatic rings. The van der Waals surface area contributed by atoms with E-state index in [9.17, 15) is 4.79 Å². The van der Waals surface area contributed by atoms with E-state index in [1.165, 1.54) is 0 Å². The monoisotopic (exact) mass is 247 g/mol. The Bertz CT molecular complexity index is 573. The molecule has 6 nitrogen and oxygen atoms in total. The molecule has 0 saturated carbocycles. The third-order valence-corrected chi connectivity index (χ3v) is 2.83. The van der Waals surface area contributed by atoms with Gasteiger partial charge in [-0.3, -0.25) is 4.79 Å². The van der Waals surface area contributed by atoms with Crippen molar-refractivity contribution in [2.45, 2.75) is 33.4 Å². The number of nitrogens with one attached hydrogen (secondary N) is 3. The molecule has 0 bridgehead atoms. The van der Waals surface area contributed by atoms with Crippen molar-refractivity contribution in [1.82, 2.24) is 25.3 Å². The van der Waals surface area contributed by atoms with Crippen LogP contribution in [0.1, 0.15) is 35.9 Å². The van der Waals surface area contributed by atoms with E-state index in [-0.39, 0.29) is 11.6 Å². The van der Waals surface area contributed by atoms with Crippen LogP contribution in [0, 0.1) is 13.8 Å². The maximum absolute atomic E-state index is 11.9. The number of H-pyrrole nitrogens is 2. The molecule has 0 amide bonds. The van der Waals surface area contributed by atoms with Crippen molar-refractivity contribution in [2.75, 3.05) is 0 Å². The first-order valence-corrected chi connectivity index (χ1v) is 5.87. The van der Waals surface area contributed by atoms with Crippen molar-refractivity contribution in [1.29, 1.82) is 0 Å². The van der Waals surface area contributed by atoms with Crippen LogP contribution in [0.25, 0.3) is 0 Å². The molecular weight excluding hydrogens is 230 g/mol. The summed E-state index contributed by atoms with van der Waals surface area (Å²) in [6.07, 6.45) is 3.47. The Morgan fingerprint density at radius 1 is 1.44 bits per heavy atom. The molecular formula is C12H17N5O. The lowest BCUT2D eigenvalue weighted by molar-refractivity contribution is 0.551. The van der Waals surface area contributed by atoms with Crippen molar-refractivity contribution >= 4 is 0 Å². The van der Waals surface area contributed by atoms with Gasteiger partial charge in [-0.1, -0.05) is 0 Å². The van der Waals surface area contributed by atoms with Crippen LogP contribution in [-0.4, -0.2) is 19.9 Å². The molecule has 2 aromatic heterocycles. The quantitative estimate of drug-likeness (QED) is 0.751. The first kappa shape index (κ1) is 12.5. The van der Waals surface area contributed by atoms with Crippen LogP contribution in [0.3, 0.4) is 0 Å². The average Bonchev–Trinajstić information content (AvgIpc) is 2.77. The van der Waals surface area contributed by atoms with Gasteiger partial charge in [0.15, 0.2) is 0 Å². The van der Waals surface area contributed by atoms with Gasteiger partial charge in [-0.2, -0.15) is 0 Å². The van der Waals surface area contributed by atoms with Crippen LogP contribution in [0.4, 0.5) is 0 Å². The Labute approximate surface area is 105 Å². The van der Waals surface area contributed by atoms with Gasteiger partial charge < -0.3 is 15.3 Å². The van der Waals surface area contributed by atoms with E-state index in [0.29, 0.717) is 17.9 Å². The third-order valence-electron chi connectivity index (χ3n) is 2.83. The molecule has 2 heterocycles.